The summed E-state index contributed by atoms with van der Waals surface area (Å²) in [6.07, 6.45) is 3.43. The van der Waals surface area contributed by atoms with Gasteiger partial charge in [-0.25, -0.2) is 9.78 Å². The highest BCUT2D eigenvalue weighted by Gasteiger charge is 2.36. The number of urea groups is 1. The van der Waals surface area contributed by atoms with Crippen molar-refractivity contribution in [1.82, 2.24) is 19.4 Å². The Labute approximate surface area is 259 Å². The van der Waals surface area contributed by atoms with Gasteiger partial charge in [-0.1, -0.05) is 49.4 Å². The predicted octanol–water partition coefficient (Wildman–Crippen LogP) is 6.01. The molecular weight excluding hydrogens is 580 g/mol. The van der Waals surface area contributed by atoms with Crippen LogP contribution in [0.25, 0.3) is 26.4 Å². The third kappa shape index (κ3) is 6.16. The van der Waals surface area contributed by atoms with Gasteiger partial charge in [-0.05, 0) is 36.8 Å². The topological polar surface area (TPSA) is 115 Å². The zero-order valence-electron chi connectivity index (χ0n) is 25.0. The first-order chi connectivity index (χ1) is 21.3. The van der Waals surface area contributed by atoms with Gasteiger partial charge in [0.05, 0.1) is 47.9 Å². The number of nitrogens with zero attached hydrogens (tertiary/aromatic N) is 4. The van der Waals surface area contributed by atoms with E-state index in [-0.39, 0.29) is 17.6 Å². The third-order valence-electron chi connectivity index (χ3n) is 7.92. The van der Waals surface area contributed by atoms with Crippen molar-refractivity contribution in [2.75, 3.05) is 50.1 Å². The number of hydrogen-bond donors (Lipinski definition) is 2. The molecule has 0 unspecified atom stereocenters. The Balaban J connectivity index is 0.933. The molecule has 5 aromatic rings. The number of aromatic nitrogens is 3. The van der Waals surface area contributed by atoms with Gasteiger partial charge in [0.1, 0.15) is 11.5 Å². The number of likely N-dealkylation sites (tertiary alicyclic amines) is 1. The number of anilines is 2. The predicted molar refractivity (Wildman–Crippen MR) is 170 cm³/mol. The summed E-state index contributed by atoms with van der Waals surface area (Å²) in [6, 6.07) is 15.1. The maximum absolute atomic E-state index is 12.5. The number of fused-ring (bicyclic) bond motifs is 4. The van der Waals surface area contributed by atoms with E-state index in [0.717, 1.165) is 58.2 Å². The summed E-state index contributed by atoms with van der Waals surface area (Å²) in [5, 5.41) is 9.47. The summed E-state index contributed by atoms with van der Waals surface area (Å²) < 4.78 is 26.3. The third-order valence-corrected chi connectivity index (χ3v) is 8.94. The maximum atomic E-state index is 12.5. The second-order valence-corrected chi connectivity index (χ2v) is 13.3. The van der Waals surface area contributed by atoms with Crippen LogP contribution in [0.2, 0.25) is 0 Å². The van der Waals surface area contributed by atoms with Crippen LogP contribution in [-0.4, -0.2) is 77.1 Å². The van der Waals surface area contributed by atoms with E-state index >= 15 is 0 Å². The monoisotopic (exact) mass is 616 g/mol. The number of carbonyl (C=O) groups is 1. The first-order valence-corrected chi connectivity index (χ1v) is 15.8. The zero-order chi connectivity index (χ0) is 30.3. The van der Waals surface area contributed by atoms with Gasteiger partial charge in [0.25, 0.3) is 0 Å². The fraction of sp³-hybridized carbons (Fsp3) is 0.406. The van der Waals surface area contributed by atoms with Crippen molar-refractivity contribution in [2.45, 2.75) is 44.8 Å². The summed E-state index contributed by atoms with van der Waals surface area (Å²) in [5.41, 5.74) is 3.38. The Morgan fingerprint density at radius 1 is 1.05 bits per heavy atom. The van der Waals surface area contributed by atoms with Crippen molar-refractivity contribution < 1.29 is 23.5 Å². The van der Waals surface area contributed by atoms with Crippen LogP contribution >= 0.6 is 11.3 Å². The molecule has 2 aromatic carbocycles. The van der Waals surface area contributed by atoms with Crippen LogP contribution in [0.1, 0.15) is 33.0 Å². The van der Waals surface area contributed by atoms with E-state index in [9.17, 15) is 4.79 Å². The van der Waals surface area contributed by atoms with Gasteiger partial charge in [0.15, 0.2) is 10.8 Å². The number of carbonyl (C=O) groups excluding carboxylic acids is 1. The van der Waals surface area contributed by atoms with Crippen LogP contribution < -0.4 is 15.4 Å². The molecule has 2 fully saturated rings. The molecule has 0 radical (unpaired) electrons. The number of nitrogens with one attached hydrogen (secondary N) is 2. The maximum Gasteiger partial charge on any atom is 0.324 e. The summed E-state index contributed by atoms with van der Waals surface area (Å²) in [7, 11) is 0. The number of ether oxygens (including phenoxy) is 3. The van der Waals surface area contributed by atoms with Crippen LogP contribution in [0.5, 0.6) is 5.75 Å². The zero-order valence-corrected chi connectivity index (χ0v) is 25.9. The number of rotatable bonds is 8. The van der Waals surface area contributed by atoms with Gasteiger partial charge in [0, 0.05) is 48.6 Å². The molecule has 12 heteroatoms. The largest absolute Gasteiger partial charge is 0.493 e. The Morgan fingerprint density at radius 3 is 2.55 bits per heavy atom. The van der Waals surface area contributed by atoms with Gasteiger partial charge < -0.3 is 24.1 Å². The summed E-state index contributed by atoms with van der Waals surface area (Å²) >= 11 is 1.63. The number of hydrogen-bond acceptors (Lipinski definition) is 9. The molecule has 5 heterocycles. The molecule has 2 amide bonds. The van der Waals surface area contributed by atoms with Crippen LogP contribution in [0.15, 0.2) is 59.3 Å². The summed E-state index contributed by atoms with van der Waals surface area (Å²) in [6.45, 7) is 11.0. The second kappa shape index (κ2) is 11.8. The molecule has 2 aliphatic heterocycles. The average molecular weight is 617 g/mol. The van der Waals surface area contributed by atoms with Crippen molar-refractivity contribution in [3.8, 4) is 17.0 Å². The van der Waals surface area contributed by atoms with E-state index in [4.69, 9.17) is 23.7 Å². The fourth-order valence-electron chi connectivity index (χ4n) is 5.60. The number of amides is 2. The van der Waals surface area contributed by atoms with Crippen LogP contribution in [0, 0.1) is 0 Å². The summed E-state index contributed by atoms with van der Waals surface area (Å²) in [4.78, 5) is 20.6. The van der Waals surface area contributed by atoms with E-state index in [1.807, 2.05) is 57.3 Å². The molecule has 230 valence electrons. The molecular formula is C32H36N6O5S. The first-order valence-electron chi connectivity index (χ1n) is 14.9. The van der Waals surface area contributed by atoms with Crippen molar-refractivity contribution in [3.05, 3.63) is 60.5 Å². The molecule has 2 N–H and O–H groups in total. The van der Waals surface area contributed by atoms with E-state index in [2.05, 4.69) is 37.2 Å². The van der Waals surface area contributed by atoms with E-state index in [1.54, 1.807) is 17.4 Å². The highest BCUT2D eigenvalue weighted by molar-refractivity contribution is 7.23. The molecule has 0 spiro atoms. The quantitative estimate of drug-likeness (QED) is 0.204. The van der Waals surface area contributed by atoms with Gasteiger partial charge >= 0.3 is 6.03 Å². The number of imidazole rings is 1. The van der Waals surface area contributed by atoms with E-state index in [0.29, 0.717) is 37.1 Å². The second-order valence-electron chi connectivity index (χ2n) is 12.3. The number of benzene rings is 2. The van der Waals surface area contributed by atoms with Crippen molar-refractivity contribution in [1.29, 1.82) is 0 Å². The van der Waals surface area contributed by atoms with Gasteiger partial charge in [-0.3, -0.25) is 14.6 Å². The van der Waals surface area contributed by atoms with Crippen molar-refractivity contribution in [2.24, 2.45) is 0 Å². The molecule has 44 heavy (non-hydrogen) atoms. The fourth-order valence-corrected chi connectivity index (χ4v) is 6.64. The molecule has 2 saturated heterocycles. The minimum Gasteiger partial charge on any atom is -0.493 e. The van der Waals surface area contributed by atoms with E-state index in [1.165, 1.54) is 0 Å². The first kappa shape index (κ1) is 28.8. The highest BCUT2D eigenvalue weighted by atomic mass is 32.1. The summed E-state index contributed by atoms with van der Waals surface area (Å²) in [5.74, 6) is 1.94. The Bertz CT molecular complexity index is 1760. The normalized spacial score (nSPS) is 19.0. The van der Waals surface area contributed by atoms with Crippen molar-refractivity contribution in [3.63, 3.8) is 0 Å². The van der Waals surface area contributed by atoms with E-state index < -0.39 is 6.03 Å². The Morgan fingerprint density at radius 2 is 1.82 bits per heavy atom. The van der Waals surface area contributed by atoms with Crippen molar-refractivity contribution >= 4 is 44.1 Å². The molecule has 2 atom stereocenters. The molecule has 0 aliphatic carbocycles. The SMILES string of the molecule is CC(C)(C)c1cc(NC(=O)Nc2ccc(-c3cn4c(n3)sc3cc(OCCCN5C[C@@H]6OCCO[C@H]6C5)ccc34)cc2)no1. The van der Waals surface area contributed by atoms with Crippen LogP contribution in [0.3, 0.4) is 0 Å². The molecule has 3 aromatic heterocycles. The Hall–Kier alpha value is -3.97. The molecule has 0 bridgehead atoms. The minimum atomic E-state index is -0.391. The lowest BCUT2D eigenvalue weighted by Crippen LogP contribution is -2.36. The lowest BCUT2D eigenvalue weighted by atomic mass is 9.93. The Kier molecular flexibility index (Phi) is 7.75. The molecule has 11 nitrogen and oxygen atoms in total. The minimum absolute atomic E-state index is 0.190. The van der Waals surface area contributed by atoms with Gasteiger partial charge in [-0.15, -0.1) is 0 Å². The lowest BCUT2D eigenvalue weighted by molar-refractivity contribution is -0.116. The average Bonchev–Trinajstić information content (AvgIpc) is 3.78. The van der Waals surface area contributed by atoms with Crippen LogP contribution in [-0.2, 0) is 14.9 Å². The van der Waals surface area contributed by atoms with Gasteiger partial charge in [0.2, 0.25) is 0 Å². The molecule has 0 saturated carbocycles. The van der Waals surface area contributed by atoms with Gasteiger partial charge in [-0.2, -0.15) is 0 Å². The smallest absolute Gasteiger partial charge is 0.324 e. The standard InChI is InChI=1S/C32H36N6O5S/c1-32(2,3)28-16-29(36-43-28)35-30(39)33-21-7-5-20(6-8-21)23-17-38-24-10-9-22(15-27(24)44-31(38)34-23)40-12-4-11-37-18-25-26(19-37)42-14-13-41-25/h5-10,15-17,25-26H,4,11-14,18-19H2,1-3H3,(H2,33,35,36,39)/t25-,26-/m0/s1. The lowest BCUT2D eigenvalue weighted by Gasteiger charge is -2.24. The number of thiazole rings is 1. The van der Waals surface area contributed by atoms with Crippen LogP contribution in [0.4, 0.5) is 16.3 Å². The molecule has 2 aliphatic rings. The molecule has 7 rings (SSSR count). The highest BCUT2D eigenvalue weighted by Crippen LogP contribution is 2.32.